The van der Waals surface area contributed by atoms with Gasteiger partial charge >= 0.3 is 6.61 Å². The topological polar surface area (TPSA) is 38.3 Å². The van der Waals surface area contributed by atoms with Gasteiger partial charge in [0, 0.05) is 11.3 Å². The summed E-state index contributed by atoms with van der Waals surface area (Å²) < 4.78 is 28.6. The number of rotatable bonds is 5. The van der Waals surface area contributed by atoms with Gasteiger partial charge in [0.1, 0.15) is 5.75 Å². The van der Waals surface area contributed by atoms with E-state index in [9.17, 15) is 13.6 Å². The molecule has 0 unspecified atom stereocenters. The number of hydrogen-bond acceptors (Lipinski definition) is 3. The Labute approximate surface area is 147 Å². The molecular weight excluding hydrogens is 344 g/mol. The van der Waals surface area contributed by atoms with Gasteiger partial charge in [-0.3, -0.25) is 4.79 Å². The fourth-order valence-electron chi connectivity index (χ4n) is 2.35. The average molecular weight is 359 g/mol. The highest BCUT2D eigenvalue weighted by Crippen LogP contribution is 2.29. The molecule has 6 heteroatoms. The van der Waals surface area contributed by atoms with E-state index in [0.29, 0.717) is 10.6 Å². The molecule has 1 heterocycles. The van der Waals surface area contributed by atoms with Crippen LogP contribution >= 0.6 is 11.3 Å². The predicted octanol–water partition coefficient (Wildman–Crippen LogP) is 5.58. The van der Waals surface area contributed by atoms with Gasteiger partial charge in [0.05, 0.1) is 4.88 Å². The standard InChI is InChI=1S/C19H15F2NO2S/c1-12-2-4-13(5-3-12)16-10-11-25-17(16)18(23)22-14-6-8-15(9-7-14)24-19(20)21/h2-11,19H,1H3,(H,22,23). The summed E-state index contributed by atoms with van der Waals surface area (Å²) in [6, 6.07) is 15.7. The van der Waals surface area contributed by atoms with Crippen molar-refractivity contribution in [3.05, 3.63) is 70.4 Å². The molecular formula is C19H15F2NO2S. The molecule has 0 radical (unpaired) electrons. The molecule has 3 nitrogen and oxygen atoms in total. The molecule has 0 spiro atoms. The molecule has 0 aliphatic heterocycles. The SMILES string of the molecule is Cc1ccc(-c2ccsc2C(=O)Nc2ccc(OC(F)F)cc2)cc1. The largest absolute Gasteiger partial charge is 0.435 e. The molecule has 0 aliphatic rings. The number of carbonyl (C=O) groups is 1. The second-order valence-electron chi connectivity index (χ2n) is 5.39. The lowest BCUT2D eigenvalue weighted by Crippen LogP contribution is -2.11. The normalized spacial score (nSPS) is 10.7. The number of alkyl halides is 2. The first-order valence-electron chi connectivity index (χ1n) is 7.53. The maximum atomic E-state index is 12.5. The van der Waals surface area contributed by atoms with Crippen molar-refractivity contribution in [3.8, 4) is 16.9 Å². The quantitative estimate of drug-likeness (QED) is 0.646. The van der Waals surface area contributed by atoms with Gasteiger partial charge in [-0.25, -0.2) is 0 Å². The van der Waals surface area contributed by atoms with Crippen molar-refractivity contribution in [2.75, 3.05) is 5.32 Å². The molecule has 128 valence electrons. The first kappa shape index (κ1) is 17.1. The van der Waals surface area contributed by atoms with E-state index < -0.39 is 6.61 Å². The zero-order valence-electron chi connectivity index (χ0n) is 13.3. The highest BCUT2D eigenvalue weighted by atomic mass is 32.1. The van der Waals surface area contributed by atoms with E-state index in [1.54, 1.807) is 0 Å². The molecule has 0 atom stereocenters. The van der Waals surface area contributed by atoms with Crippen LogP contribution in [0.1, 0.15) is 15.2 Å². The van der Waals surface area contributed by atoms with Crippen LogP contribution in [0.15, 0.2) is 60.0 Å². The molecule has 2 aromatic carbocycles. The van der Waals surface area contributed by atoms with Crippen molar-refractivity contribution in [2.45, 2.75) is 13.5 Å². The van der Waals surface area contributed by atoms with Gasteiger partial charge in [0.15, 0.2) is 0 Å². The first-order valence-corrected chi connectivity index (χ1v) is 8.41. The van der Waals surface area contributed by atoms with E-state index in [4.69, 9.17) is 0 Å². The number of aryl methyl sites for hydroxylation is 1. The summed E-state index contributed by atoms with van der Waals surface area (Å²) in [5, 5.41) is 4.64. The van der Waals surface area contributed by atoms with Crippen molar-refractivity contribution in [2.24, 2.45) is 0 Å². The number of anilines is 1. The third-order valence-corrected chi connectivity index (χ3v) is 4.48. The van der Waals surface area contributed by atoms with E-state index in [-0.39, 0.29) is 11.7 Å². The minimum Gasteiger partial charge on any atom is -0.435 e. The summed E-state index contributed by atoms with van der Waals surface area (Å²) in [6.45, 7) is -0.865. The number of hydrogen-bond donors (Lipinski definition) is 1. The first-order chi connectivity index (χ1) is 12.0. The fourth-order valence-corrected chi connectivity index (χ4v) is 3.16. The minimum absolute atomic E-state index is 0.0458. The van der Waals surface area contributed by atoms with Crippen LogP contribution in [0.2, 0.25) is 0 Å². The second-order valence-corrected chi connectivity index (χ2v) is 6.30. The molecule has 3 rings (SSSR count). The number of amides is 1. The Hall–Kier alpha value is -2.73. The number of carbonyl (C=O) groups excluding carboxylic acids is 1. The van der Waals surface area contributed by atoms with E-state index in [1.807, 2.05) is 42.6 Å². The molecule has 25 heavy (non-hydrogen) atoms. The number of thiophene rings is 1. The van der Waals surface area contributed by atoms with Crippen molar-refractivity contribution < 1.29 is 18.3 Å². The van der Waals surface area contributed by atoms with Gasteiger partial charge in [-0.05, 0) is 48.2 Å². The maximum absolute atomic E-state index is 12.5. The fraction of sp³-hybridized carbons (Fsp3) is 0.105. The Morgan fingerprint density at radius 3 is 2.36 bits per heavy atom. The average Bonchev–Trinajstić information content (AvgIpc) is 3.06. The highest BCUT2D eigenvalue weighted by molar-refractivity contribution is 7.12. The molecule has 0 fully saturated rings. The number of nitrogens with one attached hydrogen (secondary N) is 1. The van der Waals surface area contributed by atoms with Crippen LogP contribution < -0.4 is 10.1 Å². The molecule has 1 N–H and O–H groups in total. The van der Waals surface area contributed by atoms with Gasteiger partial charge in [0.2, 0.25) is 0 Å². The van der Waals surface area contributed by atoms with E-state index >= 15 is 0 Å². The van der Waals surface area contributed by atoms with Crippen LogP contribution in [-0.4, -0.2) is 12.5 Å². The zero-order chi connectivity index (χ0) is 17.8. The number of halogens is 2. The Kier molecular flexibility index (Phi) is 5.09. The van der Waals surface area contributed by atoms with E-state index in [0.717, 1.165) is 16.7 Å². The molecule has 1 amide bonds. The van der Waals surface area contributed by atoms with E-state index in [2.05, 4.69) is 10.1 Å². The van der Waals surface area contributed by atoms with Crippen LogP contribution in [0.3, 0.4) is 0 Å². The summed E-state index contributed by atoms with van der Waals surface area (Å²) in [7, 11) is 0. The van der Waals surface area contributed by atoms with Crippen molar-refractivity contribution >= 4 is 22.9 Å². The zero-order valence-corrected chi connectivity index (χ0v) is 14.1. The van der Waals surface area contributed by atoms with Crippen LogP contribution in [0.25, 0.3) is 11.1 Å². The number of ether oxygens (including phenoxy) is 1. The monoisotopic (exact) mass is 359 g/mol. The lowest BCUT2D eigenvalue weighted by molar-refractivity contribution is -0.0498. The maximum Gasteiger partial charge on any atom is 0.387 e. The van der Waals surface area contributed by atoms with Gasteiger partial charge in [-0.15, -0.1) is 11.3 Å². The molecule has 0 aliphatic carbocycles. The third kappa shape index (κ3) is 4.22. The molecule has 3 aromatic rings. The molecule has 0 saturated carbocycles. The van der Waals surface area contributed by atoms with Crippen molar-refractivity contribution in [3.63, 3.8) is 0 Å². The van der Waals surface area contributed by atoms with Crippen LogP contribution in [0.4, 0.5) is 14.5 Å². The van der Waals surface area contributed by atoms with Gasteiger partial charge in [-0.1, -0.05) is 29.8 Å². The third-order valence-electron chi connectivity index (χ3n) is 3.57. The van der Waals surface area contributed by atoms with Crippen molar-refractivity contribution in [1.29, 1.82) is 0 Å². The number of benzene rings is 2. The van der Waals surface area contributed by atoms with Gasteiger partial charge < -0.3 is 10.1 Å². The van der Waals surface area contributed by atoms with E-state index in [1.165, 1.54) is 35.6 Å². The van der Waals surface area contributed by atoms with Crippen LogP contribution in [-0.2, 0) is 0 Å². The lowest BCUT2D eigenvalue weighted by Gasteiger charge is -2.08. The Morgan fingerprint density at radius 1 is 1.04 bits per heavy atom. The summed E-state index contributed by atoms with van der Waals surface area (Å²) in [5.41, 5.74) is 3.49. The summed E-state index contributed by atoms with van der Waals surface area (Å²) in [5.74, 6) is -0.197. The summed E-state index contributed by atoms with van der Waals surface area (Å²) in [4.78, 5) is 13.1. The predicted molar refractivity (Wildman–Crippen MR) is 95.5 cm³/mol. The smallest absolute Gasteiger partial charge is 0.387 e. The Morgan fingerprint density at radius 2 is 1.72 bits per heavy atom. The van der Waals surface area contributed by atoms with Gasteiger partial charge in [-0.2, -0.15) is 8.78 Å². The molecule has 0 bridgehead atoms. The molecule has 1 aromatic heterocycles. The minimum atomic E-state index is -2.87. The Balaban J connectivity index is 1.76. The second kappa shape index (κ2) is 7.44. The molecule has 0 saturated heterocycles. The van der Waals surface area contributed by atoms with Crippen LogP contribution in [0.5, 0.6) is 5.75 Å². The van der Waals surface area contributed by atoms with Gasteiger partial charge in [0.25, 0.3) is 5.91 Å². The highest BCUT2D eigenvalue weighted by Gasteiger charge is 2.15. The summed E-state index contributed by atoms with van der Waals surface area (Å²) in [6.07, 6.45) is 0. The summed E-state index contributed by atoms with van der Waals surface area (Å²) >= 11 is 1.35. The van der Waals surface area contributed by atoms with Crippen LogP contribution in [0, 0.1) is 6.92 Å². The Bertz CT molecular complexity index is 858. The van der Waals surface area contributed by atoms with Crippen molar-refractivity contribution in [1.82, 2.24) is 0 Å². The lowest BCUT2D eigenvalue weighted by atomic mass is 10.0.